The first-order valence-corrected chi connectivity index (χ1v) is 12.9. The summed E-state index contributed by atoms with van der Waals surface area (Å²) in [5.41, 5.74) is 2.04. The molecule has 1 atom stereocenters. The van der Waals surface area contributed by atoms with E-state index in [1.165, 1.54) is 6.07 Å². The first kappa shape index (κ1) is 25.2. The Morgan fingerprint density at radius 1 is 1.00 bits per heavy atom. The summed E-state index contributed by atoms with van der Waals surface area (Å²) in [5.74, 6) is -0.180. The molecule has 6 nitrogen and oxygen atoms in total. The van der Waals surface area contributed by atoms with E-state index in [0.717, 1.165) is 31.2 Å². The molecule has 1 saturated heterocycles. The van der Waals surface area contributed by atoms with Gasteiger partial charge in [0, 0.05) is 50.9 Å². The molecule has 4 rings (SSSR count). The lowest BCUT2D eigenvalue weighted by molar-refractivity contribution is -0.137. The fourth-order valence-electron chi connectivity index (χ4n) is 5.35. The molecule has 1 unspecified atom stereocenters. The van der Waals surface area contributed by atoms with Crippen LogP contribution in [0.4, 0.5) is 15.8 Å². The third-order valence-electron chi connectivity index (χ3n) is 7.39. The van der Waals surface area contributed by atoms with E-state index in [-0.39, 0.29) is 29.6 Å². The summed E-state index contributed by atoms with van der Waals surface area (Å²) in [6.07, 6.45) is 4.00. The number of rotatable bonds is 8. The molecule has 2 aromatic carbocycles. The number of piperazine rings is 1. The number of hydrogen-bond acceptors (Lipinski definition) is 4. The standard InChI is InChI=1S/C28H37FN4O2/c1-3-31(4-2)28(35)26(21-10-6-5-7-11-21)33-18-16-32(17-19-33)25-15-14-23(20-24(25)29)30-27(34)22-12-8-9-13-22/h5-7,10-11,14-15,20,22,26H,3-4,8-9,12-13,16-19H2,1-2H3,(H,30,34). The molecule has 2 aromatic rings. The second kappa shape index (κ2) is 11.7. The molecule has 35 heavy (non-hydrogen) atoms. The lowest BCUT2D eigenvalue weighted by Crippen LogP contribution is -2.51. The number of carbonyl (C=O) groups is 2. The molecule has 1 saturated carbocycles. The Kier molecular flexibility index (Phi) is 8.39. The molecular formula is C28H37FN4O2. The van der Waals surface area contributed by atoms with Gasteiger partial charge in [-0.25, -0.2) is 4.39 Å². The van der Waals surface area contributed by atoms with Crippen LogP contribution < -0.4 is 10.2 Å². The Bertz CT molecular complexity index is 997. The molecule has 1 aliphatic heterocycles. The van der Waals surface area contributed by atoms with Gasteiger partial charge in [-0.15, -0.1) is 0 Å². The predicted octanol–water partition coefficient (Wildman–Crippen LogP) is 4.69. The van der Waals surface area contributed by atoms with E-state index in [1.807, 2.05) is 54.0 Å². The van der Waals surface area contributed by atoms with Crippen LogP contribution in [0, 0.1) is 11.7 Å². The molecule has 1 N–H and O–H groups in total. The average Bonchev–Trinajstić information content (AvgIpc) is 3.42. The normalized spacial score (nSPS) is 17.9. The number of anilines is 2. The highest BCUT2D eigenvalue weighted by atomic mass is 19.1. The van der Waals surface area contributed by atoms with Gasteiger partial charge in [-0.1, -0.05) is 43.2 Å². The first-order chi connectivity index (χ1) is 17.0. The fourth-order valence-corrected chi connectivity index (χ4v) is 5.35. The van der Waals surface area contributed by atoms with Crippen molar-refractivity contribution >= 4 is 23.2 Å². The van der Waals surface area contributed by atoms with Gasteiger partial charge in [-0.3, -0.25) is 14.5 Å². The van der Waals surface area contributed by atoms with Crippen LogP contribution in [0.3, 0.4) is 0 Å². The number of carbonyl (C=O) groups excluding carboxylic acids is 2. The average molecular weight is 481 g/mol. The van der Waals surface area contributed by atoms with E-state index < -0.39 is 0 Å². The van der Waals surface area contributed by atoms with Crippen molar-refractivity contribution in [1.29, 1.82) is 0 Å². The van der Waals surface area contributed by atoms with Crippen LogP contribution in [0.5, 0.6) is 0 Å². The SMILES string of the molecule is CCN(CC)C(=O)C(c1ccccc1)N1CCN(c2ccc(NC(=O)C3CCCC3)cc2F)CC1. The number of amides is 2. The van der Waals surface area contributed by atoms with Gasteiger partial charge < -0.3 is 15.1 Å². The van der Waals surface area contributed by atoms with Crippen LogP contribution in [0.2, 0.25) is 0 Å². The van der Waals surface area contributed by atoms with Crippen molar-refractivity contribution in [2.24, 2.45) is 5.92 Å². The van der Waals surface area contributed by atoms with E-state index in [4.69, 9.17) is 0 Å². The molecule has 188 valence electrons. The van der Waals surface area contributed by atoms with Crippen LogP contribution in [0.1, 0.15) is 51.1 Å². The first-order valence-electron chi connectivity index (χ1n) is 12.9. The molecule has 1 aliphatic carbocycles. The third-order valence-corrected chi connectivity index (χ3v) is 7.39. The highest BCUT2D eigenvalue weighted by molar-refractivity contribution is 5.92. The summed E-state index contributed by atoms with van der Waals surface area (Å²) in [7, 11) is 0. The van der Waals surface area contributed by atoms with Crippen molar-refractivity contribution in [2.75, 3.05) is 49.5 Å². The van der Waals surface area contributed by atoms with Crippen molar-refractivity contribution < 1.29 is 14.0 Å². The molecule has 2 fully saturated rings. The zero-order valence-corrected chi connectivity index (χ0v) is 20.9. The maximum absolute atomic E-state index is 15.0. The van der Waals surface area contributed by atoms with E-state index in [2.05, 4.69) is 10.2 Å². The summed E-state index contributed by atoms with van der Waals surface area (Å²) in [5, 5.41) is 2.88. The maximum Gasteiger partial charge on any atom is 0.244 e. The number of benzene rings is 2. The largest absolute Gasteiger partial charge is 0.367 e. The number of halogens is 1. The third kappa shape index (κ3) is 5.84. The summed E-state index contributed by atoms with van der Waals surface area (Å²) < 4.78 is 15.0. The van der Waals surface area contributed by atoms with Crippen LogP contribution in [-0.4, -0.2) is 60.9 Å². The molecule has 0 aromatic heterocycles. The number of hydrogen-bond donors (Lipinski definition) is 1. The second-order valence-corrected chi connectivity index (χ2v) is 9.48. The van der Waals surface area contributed by atoms with Crippen molar-refractivity contribution in [3.05, 3.63) is 59.9 Å². The Morgan fingerprint density at radius 3 is 2.26 bits per heavy atom. The van der Waals surface area contributed by atoms with Crippen molar-refractivity contribution in [1.82, 2.24) is 9.80 Å². The minimum Gasteiger partial charge on any atom is -0.367 e. The van der Waals surface area contributed by atoms with Crippen LogP contribution in [0.25, 0.3) is 0 Å². The van der Waals surface area contributed by atoms with Gasteiger partial charge in [0.05, 0.1) is 5.69 Å². The van der Waals surface area contributed by atoms with Gasteiger partial charge in [0.1, 0.15) is 11.9 Å². The zero-order chi connectivity index (χ0) is 24.8. The summed E-state index contributed by atoms with van der Waals surface area (Å²) in [4.78, 5) is 31.9. The van der Waals surface area contributed by atoms with Gasteiger partial charge in [-0.2, -0.15) is 0 Å². The van der Waals surface area contributed by atoms with Crippen LogP contribution in [0.15, 0.2) is 48.5 Å². The molecular weight excluding hydrogens is 443 g/mol. The highest BCUT2D eigenvalue weighted by Crippen LogP contribution is 2.30. The van der Waals surface area contributed by atoms with Crippen LogP contribution >= 0.6 is 0 Å². The second-order valence-electron chi connectivity index (χ2n) is 9.48. The maximum atomic E-state index is 15.0. The molecule has 1 heterocycles. The van der Waals surface area contributed by atoms with Gasteiger partial charge in [0.25, 0.3) is 0 Å². The molecule has 0 radical (unpaired) electrons. The summed E-state index contributed by atoms with van der Waals surface area (Å²) in [6, 6.07) is 14.5. The van der Waals surface area contributed by atoms with Crippen LogP contribution in [-0.2, 0) is 9.59 Å². The molecule has 7 heteroatoms. The van der Waals surface area contributed by atoms with Gasteiger partial charge in [-0.05, 0) is 50.5 Å². The molecule has 2 amide bonds. The molecule has 2 aliphatic rings. The van der Waals surface area contributed by atoms with Gasteiger partial charge >= 0.3 is 0 Å². The van der Waals surface area contributed by atoms with Gasteiger partial charge in [0.15, 0.2) is 0 Å². The van der Waals surface area contributed by atoms with Gasteiger partial charge in [0.2, 0.25) is 11.8 Å². The highest BCUT2D eigenvalue weighted by Gasteiger charge is 2.33. The van der Waals surface area contributed by atoms with E-state index in [1.54, 1.807) is 12.1 Å². The predicted molar refractivity (Wildman–Crippen MR) is 138 cm³/mol. The smallest absolute Gasteiger partial charge is 0.244 e. The molecule has 0 spiro atoms. The minimum atomic E-state index is -0.337. The fraction of sp³-hybridized carbons (Fsp3) is 0.500. The minimum absolute atomic E-state index is 0.00640. The summed E-state index contributed by atoms with van der Waals surface area (Å²) in [6.45, 7) is 7.92. The monoisotopic (exact) mass is 480 g/mol. The zero-order valence-electron chi connectivity index (χ0n) is 20.9. The molecule has 0 bridgehead atoms. The lowest BCUT2D eigenvalue weighted by Gasteiger charge is -2.41. The Balaban J connectivity index is 1.43. The number of nitrogens with zero attached hydrogens (tertiary/aromatic N) is 3. The number of likely N-dealkylation sites (N-methyl/N-ethyl adjacent to an activating group) is 1. The van der Waals surface area contributed by atoms with Crippen molar-refractivity contribution in [3.63, 3.8) is 0 Å². The van der Waals surface area contributed by atoms with E-state index in [9.17, 15) is 9.59 Å². The van der Waals surface area contributed by atoms with Crippen molar-refractivity contribution in [3.8, 4) is 0 Å². The van der Waals surface area contributed by atoms with Crippen molar-refractivity contribution in [2.45, 2.75) is 45.6 Å². The topological polar surface area (TPSA) is 55.9 Å². The van der Waals surface area contributed by atoms with E-state index >= 15 is 4.39 Å². The summed E-state index contributed by atoms with van der Waals surface area (Å²) >= 11 is 0. The Hall–Kier alpha value is -2.93. The Morgan fingerprint density at radius 2 is 1.66 bits per heavy atom. The quantitative estimate of drug-likeness (QED) is 0.596. The Labute approximate surface area is 208 Å². The van der Waals surface area contributed by atoms with E-state index in [0.29, 0.717) is 50.6 Å². The number of nitrogens with one attached hydrogen (secondary N) is 1. The lowest BCUT2D eigenvalue weighted by atomic mass is 10.0.